The summed E-state index contributed by atoms with van der Waals surface area (Å²) in [7, 11) is 0. The van der Waals surface area contributed by atoms with E-state index in [1.54, 1.807) is 23.7 Å². The summed E-state index contributed by atoms with van der Waals surface area (Å²) < 4.78 is 9.88. The van der Waals surface area contributed by atoms with E-state index in [2.05, 4.69) is 49.3 Å². The maximum atomic E-state index is 11.5. The van der Waals surface area contributed by atoms with Gasteiger partial charge in [-0.2, -0.15) is 0 Å². The highest BCUT2D eigenvalue weighted by Crippen LogP contribution is 2.46. The number of benzene rings is 1. The number of morpholine rings is 1. The molecule has 32 heavy (non-hydrogen) atoms. The molecule has 1 saturated heterocycles. The highest BCUT2D eigenvalue weighted by Gasteiger charge is 2.32. The summed E-state index contributed by atoms with van der Waals surface area (Å²) >= 11 is 3.60. The van der Waals surface area contributed by atoms with Crippen LogP contribution in [-0.4, -0.2) is 46.3 Å². The Morgan fingerprint density at radius 3 is 2.47 bits per heavy atom. The summed E-state index contributed by atoms with van der Waals surface area (Å²) in [5.74, 6) is -0.777. The maximum absolute atomic E-state index is 11.5. The fourth-order valence-electron chi connectivity index (χ4n) is 4.31. The lowest BCUT2D eigenvalue weighted by atomic mass is 9.76. The first-order chi connectivity index (χ1) is 15.3. The van der Waals surface area contributed by atoms with Crippen LogP contribution in [-0.2, 0) is 28.9 Å². The Morgan fingerprint density at radius 1 is 1.16 bits per heavy atom. The predicted octanol–water partition coefficient (Wildman–Crippen LogP) is 5.91. The summed E-state index contributed by atoms with van der Waals surface area (Å²) in [6, 6.07) is 8.55. The lowest BCUT2D eigenvalue weighted by molar-refractivity contribution is -0.137. The van der Waals surface area contributed by atoms with Gasteiger partial charge in [0.2, 0.25) is 0 Å². The number of carbonyl (C=O) groups is 1. The molecule has 2 heterocycles. The minimum Gasteiger partial charge on any atom is -0.480 e. The van der Waals surface area contributed by atoms with E-state index in [1.165, 1.54) is 25.9 Å². The molecule has 5 nitrogen and oxygen atoms in total. The van der Waals surface area contributed by atoms with Crippen molar-refractivity contribution in [1.29, 1.82) is 0 Å². The van der Waals surface area contributed by atoms with Crippen LogP contribution in [0.5, 0.6) is 0 Å². The molecule has 0 bridgehead atoms. The van der Waals surface area contributed by atoms with Gasteiger partial charge in [0, 0.05) is 39.2 Å². The van der Waals surface area contributed by atoms with Crippen molar-refractivity contribution in [3.63, 3.8) is 0 Å². The van der Waals surface area contributed by atoms with Crippen molar-refractivity contribution in [3.05, 3.63) is 41.2 Å². The molecule has 2 aliphatic rings. The zero-order valence-electron chi connectivity index (χ0n) is 19.9. The molecule has 4 rings (SSSR count). The molecule has 7 heteroatoms. The van der Waals surface area contributed by atoms with Crippen LogP contribution in [0.4, 0.5) is 0 Å². The Hall–Kier alpha value is -1.41. The van der Waals surface area contributed by atoms with Crippen molar-refractivity contribution >= 4 is 29.7 Å². The molecule has 1 aliphatic heterocycles. The summed E-state index contributed by atoms with van der Waals surface area (Å²) in [6.07, 6.45) is 3.04. The number of aromatic nitrogens is 1. The number of carboxylic acid groups (broad SMARTS) is 1. The topological polar surface area (TPSA) is 54.7 Å². The second-order valence-corrected chi connectivity index (χ2v) is 11.0. The lowest BCUT2D eigenvalue weighted by Gasteiger charge is -2.31. The number of carboxylic acids is 1. The quantitative estimate of drug-likeness (QED) is 0.523. The van der Waals surface area contributed by atoms with E-state index >= 15 is 0 Å². The first kappa shape index (κ1) is 25.2. The first-order valence-corrected chi connectivity index (χ1v) is 13.1. The van der Waals surface area contributed by atoms with Gasteiger partial charge >= 0.3 is 5.97 Å². The molecule has 1 N–H and O–H groups in total. The van der Waals surface area contributed by atoms with E-state index in [-0.39, 0.29) is 12.0 Å². The van der Waals surface area contributed by atoms with Gasteiger partial charge in [0.05, 0.1) is 13.2 Å². The van der Waals surface area contributed by atoms with Gasteiger partial charge in [-0.15, -0.1) is 0 Å². The summed E-state index contributed by atoms with van der Waals surface area (Å²) in [4.78, 5) is 15.3. The Bertz CT molecular complexity index is 934. The van der Waals surface area contributed by atoms with Crippen LogP contribution >= 0.6 is 23.7 Å². The van der Waals surface area contributed by atoms with E-state index in [4.69, 9.17) is 4.74 Å². The average molecular weight is 477 g/mol. The molecule has 0 amide bonds. The van der Waals surface area contributed by atoms with E-state index < -0.39 is 5.97 Å². The van der Waals surface area contributed by atoms with Gasteiger partial charge in [-0.3, -0.25) is 4.79 Å². The summed E-state index contributed by atoms with van der Waals surface area (Å²) in [5.41, 5.74) is 3.89. The highest BCUT2D eigenvalue weighted by atomic mass is 32.2. The van der Waals surface area contributed by atoms with E-state index in [9.17, 15) is 9.90 Å². The first-order valence-electron chi connectivity index (χ1n) is 11.5. The second kappa shape index (κ2) is 11.1. The zero-order valence-corrected chi connectivity index (χ0v) is 21.6. The summed E-state index contributed by atoms with van der Waals surface area (Å²) in [6.45, 7) is 14.2. The highest BCUT2D eigenvalue weighted by molar-refractivity contribution is 8.01. The Kier molecular flexibility index (Phi) is 8.78. The SMILES string of the molecule is CC.Cc1c(Sc2ccccc2SN2CCOCC2)c2c(n1CC(=O)O)CCC(C)(C)C2. The van der Waals surface area contributed by atoms with Gasteiger partial charge in [-0.1, -0.05) is 51.6 Å². The van der Waals surface area contributed by atoms with Crippen molar-refractivity contribution < 1.29 is 14.6 Å². The number of aliphatic carboxylic acids is 1. The molecule has 1 aliphatic carbocycles. The minimum atomic E-state index is -0.777. The molecular weight excluding hydrogens is 440 g/mol. The second-order valence-electron chi connectivity index (χ2n) is 8.84. The van der Waals surface area contributed by atoms with E-state index in [1.807, 2.05) is 18.4 Å². The predicted molar refractivity (Wildman–Crippen MR) is 133 cm³/mol. The van der Waals surface area contributed by atoms with Crippen molar-refractivity contribution in [2.45, 2.75) is 75.1 Å². The van der Waals surface area contributed by atoms with Crippen LogP contribution in [0.2, 0.25) is 0 Å². The molecule has 1 aromatic heterocycles. The number of nitrogens with zero attached hydrogens (tertiary/aromatic N) is 2. The molecule has 1 aromatic carbocycles. The molecule has 0 spiro atoms. The van der Waals surface area contributed by atoms with E-state index in [0.29, 0.717) is 0 Å². The summed E-state index contributed by atoms with van der Waals surface area (Å²) in [5, 5.41) is 9.47. The van der Waals surface area contributed by atoms with E-state index in [0.717, 1.165) is 51.3 Å². The Balaban J connectivity index is 0.00000141. The third-order valence-electron chi connectivity index (χ3n) is 5.93. The molecule has 1 fully saturated rings. The normalized spacial score (nSPS) is 17.9. The maximum Gasteiger partial charge on any atom is 0.323 e. The average Bonchev–Trinajstić information content (AvgIpc) is 3.01. The van der Waals surface area contributed by atoms with Gasteiger partial charge in [-0.25, -0.2) is 4.31 Å². The van der Waals surface area contributed by atoms with Gasteiger partial charge in [0.1, 0.15) is 6.54 Å². The number of hydrogen-bond acceptors (Lipinski definition) is 5. The monoisotopic (exact) mass is 476 g/mol. The third kappa shape index (κ3) is 5.93. The van der Waals surface area contributed by atoms with Gasteiger partial charge in [0.15, 0.2) is 0 Å². The van der Waals surface area contributed by atoms with Crippen LogP contribution in [0.3, 0.4) is 0 Å². The minimum absolute atomic E-state index is 0.0410. The van der Waals surface area contributed by atoms with Crippen LogP contribution < -0.4 is 0 Å². The fraction of sp³-hybridized carbons (Fsp3) is 0.560. The molecule has 0 saturated carbocycles. The number of rotatable bonds is 6. The van der Waals surface area contributed by atoms with Crippen LogP contribution in [0.1, 0.15) is 51.1 Å². The van der Waals surface area contributed by atoms with Crippen molar-refractivity contribution in [2.75, 3.05) is 26.3 Å². The largest absolute Gasteiger partial charge is 0.480 e. The zero-order chi connectivity index (χ0) is 23.3. The van der Waals surface area contributed by atoms with Crippen LogP contribution in [0.25, 0.3) is 0 Å². The fourth-order valence-corrected chi connectivity index (χ4v) is 6.56. The molecule has 0 radical (unpaired) electrons. The number of fused-ring (bicyclic) bond motifs is 1. The molecular formula is C25H36N2O3S2. The Morgan fingerprint density at radius 2 is 1.81 bits per heavy atom. The smallest absolute Gasteiger partial charge is 0.323 e. The lowest BCUT2D eigenvalue weighted by Crippen LogP contribution is -2.30. The molecule has 0 atom stereocenters. The standard InChI is InChI=1S/C23H30N2O3S2.C2H6/c1-16-22(17-14-23(2,3)9-8-18(17)25(16)15-21(26)27)29-19-6-4-5-7-20(19)30-24-10-12-28-13-11-24;1-2/h4-7H,8-15H2,1-3H3,(H,26,27);1-2H3. The van der Waals surface area contributed by atoms with Crippen LogP contribution in [0, 0.1) is 12.3 Å². The van der Waals surface area contributed by atoms with Crippen LogP contribution in [0.15, 0.2) is 39.0 Å². The Labute approximate surface area is 201 Å². The van der Waals surface area contributed by atoms with Gasteiger partial charge in [-0.05, 0) is 61.2 Å². The van der Waals surface area contributed by atoms with Crippen molar-refractivity contribution in [3.8, 4) is 0 Å². The molecule has 176 valence electrons. The van der Waals surface area contributed by atoms with Gasteiger partial charge in [0.25, 0.3) is 0 Å². The molecule has 0 unspecified atom stereocenters. The van der Waals surface area contributed by atoms with Gasteiger partial charge < -0.3 is 14.4 Å². The third-order valence-corrected chi connectivity index (χ3v) is 8.55. The molecule has 2 aromatic rings. The number of hydrogen-bond donors (Lipinski definition) is 1. The number of ether oxygens (including phenoxy) is 1. The van der Waals surface area contributed by atoms with Crippen molar-refractivity contribution in [1.82, 2.24) is 8.87 Å². The van der Waals surface area contributed by atoms with Crippen molar-refractivity contribution in [2.24, 2.45) is 5.41 Å².